The van der Waals surface area contributed by atoms with E-state index in [1.165, 1.54) is 11.3 Å². The van der Waals surface area contributed by atoms with Gasteiger partial charge in [0.05, 0.1) is 5.69 Å². The second-order valence-corrected chi connectivity index (χ2v) is 7.85. The highest BCUT2D eigenvalue weighted by Crippen LogP contribution is 2.39. The van der Waals surface area contributed by atoms with Crippen molar-refractivity contribution in [2.75, 3.05) is 11.6 Å². The van der Waals surface area contributed by atoms with Crippen molar-refractivity contribution in [1.82, 2.24) is 0 Å². The van der Waals surface area contributed by atoms with Gasteiger partial charge in [0.25, 0.3) is 0 Å². The molecule has 1 aromatic carbocycles. The Labute approximate surface area is 80.3 Å². The van der Waals surface area contributed by atoms with Crippen molar-refractivity contribution < 1.29 is 4.43 Å². The van der Waals surface area contributed by atoms with Crippen molar-refractivity contribution in [3.8, 4) is 5.75 Å². The van der Waals surface area contributed by atoms with Crippen molar-refractivity contribution >= 4 is 14.2 Å². The maximum atomic E-state index is 5.95. The molecule has 0 atom stereocenters. The Morgan fingerprint density at radius 3 is 2.69 bits per heavy atom. The largest absolute Gasteiger partial charge is 0.524 e. The van der Waals surface area contributed by atoms with Gasteiger partial charge in [-0.3, -0.25) is 0 Å². The number of fused-ring (bicyclic) bond motifs is 1. The fourth-order valence-electron chi connectivity index (χ4n) is 1.61. The van der Waals surface area contributed by atoms with Crippen LogP contribution in [0, 0.1) is 6.92 Å². The van der Waals surface area contributed by atoms with Gasteiger partial charge in [-0.2, -0.15) is 0 Å². The van der Waals surface area contributed by atoms with Crippen molar-refractivity contribution in [2.45, 2.75) is 20.0 Å². The number of anilines is 1. The van der Waals surface area contributed by atoms with Gasteiger partial charge in [0, 0.05) is 7.05 Å². The van der Waals surface area contributed by atoms with E-state index in [2.05, 4.69) is 49.8 Å². The van der Waals surface area contributed by atoms with E-state index < -0.39 is 8.48 Å². The van der Waals surface area contributed by atoms with Gasteiger partial charge < -0.3 is 8.99 Å². The van der Waals surface area contributed by atoms with E-state index in [4.69, 9.17) is 4.43 Å². The van der Waals surface area contributed by atoms with E-state index in [1.807, 2.05) is 0 Å². The van der Waals surface area contributed by atoms with E-state index in [0.717, 1.165) is 5.75 Å². The molecule has 0 amide bonds. The Bertz CT molecular complexity index is 349. The second-order valence-electron chi connectivity index (χ2n) is 4.08. The summed E-state index contributed by atoms with van der Waals surface area (Å²) in [5, 5.41) is 0. The highest BCUT2D eigenvalue weighted by molar-refractivity contribution is 6.77. The van der Waals surface area contributed by atoms with Crippen molar-refractivity contribution in [2.24, 2.45) is 0 Å². The van der Waals surface area contributed by atoms with Gasteiger partial charge >= 0.3 is 8.48 Å². The second kappa shape index (κ2) is 2.51. The Morgan fingerprint density at radius 1 is 1.31 bits per heavy atom. The monoisotopic (exact) mass is 193 g/mol. The highest BCUT2D eigenvalue weighted by Gasteiger charge is 2.38. The van der Waals surface area contributed by atoms with Crippen LogP contribution in [-0.2, 0) is 0 Å². The van der Waals surface area contributed by atoms with Crippen LogP contribution in [0.15, 0.2) is 18.2 Å². The van der Waals surface area contributed by atoms with Crippen LogP contribution in [0.4, 0.5) is 5.69 Å². The quantitative estimate of drug-likeness (QED) is 0.587. The molecule has 70 valence electrons. The van der Waals surface area contributed by atoms with Crippen LogP contribution in [0.2, 0.25) is 13.1 Å². The van der Waals surface area contributed by atoms with E-state index in [1.54, 1.807) is 0 Å². The molecule has 13 heavy (non-hydrogen) atoms. The maximum absolute atomic E-state index is 5.95. The summed E-state index contributed by atoms with van der Waals surface area (Å²) in [4.78, 5) is 0. The highest BCUT2D eigenvalue weighted by atomic mass is 28.4. The number of hydrogen-bond donors (Lipinski definition) is 0. The van der Waals surface area contributed by atoms with Gasteiger partial charge in [-0.15, -0.1) is 0 Å². The minimum Gasteiger partial charge on any atom is -0.524 e. The lowest BCUT2D eigenvalue weighted by Gasteiger charge is -2.24. The molecule has 0 bridgehead atoms. The fourth-order valence-corrected chi connectivity index (χ4v) is 3.21. The normalized spacial score (nSPS) is 18.3. The van der Waals surface area contributed by atoms with Crippen molar-refractivity contribution in [1.29, 1.82) is 0 Å². The third-order valence-electron chi connectivity index (χ3n) is 2.64. The van der Waals surface area contributed by atoms with Crippen LogP contribution in [-0.4, -0.2) is 15.5 Å². The first-order chi connectivity index (χ1) is 6.00. The van der Waals surface area contributed by atoms with Crippen LogP contribution in [0.1, 0.15) is 5.56 Å². The zero-order valence-electron chi connectivity index (χ0n) is 8.59. The lowest BCUT2D eigenvalue weighted by Crippen LogP contribution is -2.47. The molecule has 0 aliphatic carbocycles. The number of aryl methyl sites for hydroxylation is 1. The molecule has 0 saturated carbocycles. The standard InChI is InChI=1S/C10H15NOSi/c1-8-5-6-9-10(7-8)12-13(3,4)11(9)2/h5-7H,1-4H3. The summed E-state index contributed by atoms with van der Waals surface area (Å²) >= 11 is 0. The molecule has 2 nitrogen and oxygen atoms in total. The third-order valence-corrected chi connectivity index (χ3v) is 5.22. The van der Waals surface area contributed by atoms with Gasteiger partial charge in [0.1, 0.15) is 5.75 Å². The Kier molecular flexibility index (Phi) is 1.67. The molecule has 0 fully saturated rings. The molecule has 0 N–H and O–H groups in total. The zero-order valence-corrected chi connectivity index (χ0v) is 9.59. The number of rotatable bonds is 0. The molecular formula is C10H15NOSi. The molecule has 0 aromatic heterocycles. The van der Waals surface area contributed by atoms with Crippen LogP contribution in [0.5, 0.6) is 5.75 Å². The van der Waals surface area contributed by atoms with Gasteiger partial charge in [-0.1, -0.05) is 6.07 Å². The molecule has 0 unspecified atom stereocenters. The Balaban J connectivity index is 2.50. The van der Waals surface area contributed by atoms with Crippen molar-refractivity contribution in [3.05, 3.63) is 23.8 Å². The summed E-state index contributed by atoms with van der Waals surface area (Å²) in [6.45, 7) is 6.52. The summed E-state index contributed by atoms with van der Waals surface area (Å²) in [7, 11) is 0.481. The fraction of sp³-hybridized carbons (Fsp3) is 0.400. The molecule has 1 aromatic rings. The minimum absolute atomic E-state index is 1.05. The number of hydrogen-bond acceptors (Lipinski definition) is 2. The number of nitrogens with zero attached hydrogens (tertiary/aromatic N) is 1. The lowest BCUT2D eigenvalue weighted by molar-refractivity contribution is 0.573. The summed E-state index contributed by atoms with van der Waals surface area (Å²) in [6, 6.07) is 6.40. The first kappa shape index (κ1) is 8.63. The molecule has 0 spiro atoms. The molecule has 0 saturated heterocycles. The lowest BCUT2D eigenvalue weighted by atomic mass is 10.2. The third kappa shape index (κ3) is 1.23. The smallest absolute Gasteiger partial charge is 0.354 e. The molecule has 1 aliphatic heterocycles. The van der Waals surface area contributed by atoms with E-state index in [-0.39, 0.29) is 0 Å². The van der Waals surface area contributed by atoms with Crippen LogP contribution in [0.25, 0.3) is 0 Å². The predicted octanol–water partition coefficient (Wildman–Crippen LogP) is 2.53. The average Bonchev–Trinajstić information content (AvgIpc) is 2.22. The first-order valence-electron chi connectivity index (χ1n) is 4.54. The zero-order chi connectivity index (χ0) is 9.64. The Morgan fingerprint density at radius 2 is 2.00 bits per heavy atom. The molecule has 2 rings (SSSR count). The van der Waals surface area contributed by atoms with Gasteiger partial charge in [0.15, 0.2) is 0 Å². The van der Waals surface area contributed by atoms with E-state index in [9.17, 15) is 0 Å². The molecule has 3 heteroatoms. The SMILES string of the molecule is Cc1ccc2c(c1)O[Si](C)(C)N2C. The van der Waals surface area contributed by atoms with Crippen LogP contribution >= 0.6 is 0 Å². The average molecular weight is 193 g/mol. The molecular weight excluding hydrogens is 178 g/mol. The maximum Gasteiger partial charge on any atom is 0.354 e. The number of benzene rings is 1. The van der Waals surface area contributed by atoms with Gasteiger partial charge in [-0.25, -0.2) is 0 Å². The van der Waals surface area contributed by atoms with Crippen molar-refractivity contribution in [3.63, 3.8) is 0 Å². The van der Waals surface area contributed by atoms with Crippen LogP contribution in [0.3, 0.4) is 0 Å². The first-order valence-corrected chi connectivity index (χ1v) is 7.40. The van der Waals surface area contributed by atoms with E-state index >= 15 is 0 Å². The van der Waals surface area contributed by atoms with Gasteiger partial charge in [0.2, 0.25) is 0 Å². The van der Waals surface area contributed by atoms with Crippen LogP contribution < -0.4 is 8.99 Å². The molecule has 1 heterocycles. The summed E-state index contributed by atoms with van der Waals surface area (Å²) in [5.74, 6) is 1.05. The Hall–Kier alpha value is -0.963. The minimum atomic E-state index is -1.64. The van der Waals surface area contributed by atoms with E-state index in [0.29, 0.717) is 0 Å². The molecule has 1 aliphatic rings. The molecule has 0 radical (unpaired) electrons. The predicted molar refractivity (Wildman–Crippen MR) is 57.7 cm³/mol. The topological polar surface area (TPSA) is 12.5 Å². The summed E-state index contributed by atoms with van der Waals surface area (Å²) in [5.41, 5.74) is 2.50. The summed E-state index contributed by atoms with van der Waals surface area (Å²) < 4.78 is 8.25. The summed E-state index contributed by atoms with van der Waals surface area (Å²) in [6.07, 6.45) is 0. The van der Waals surface area contributed by atoms with Gasteiger partial charge in [-0.05, 0) is 37.7 Å².